The van der Waals surface area contributed by atoms with Crippen LogP contribution in [-0.2, 0) is 0 Å². The number of aromatic nitrogens is 1. The summed E-state index contributed by atoms with van der Waals surface area (Å²) in [4.78, 5) is 4.09. The lowest BCUT2D eigenvalue weighted by Crippen LogP contribution is -2.01. The van der Waals surface area contributed by atoms with Crippen LogP contribution >= 0.6 is 24.0 Å². The van der Waals surface area contributed by atoms with Crippen LogP contribution in [0.1, 0.15) is 17.4 Å². The molecule has 1 aromatic carbocycles. The molecular formula is C12H11Cl2NO. The second-order valence-corrected chi connectivity index (χ2v) is 3.65. The molecule has 0 aliphatic heterocycles. The van der Waals surface area contributed by atoms with Crippen LogP contribution in [0, 0.1) is 0 Å². The van der Waals surface area contributed by atoms with E-state index < -0.39 is 6.10 Å². The van der Waals surface area contributed by atoms with Crippen molar-refractivity contribution in [1.82, 2.24) is 4.98 Å². The Morgan fingerprint density at radius 1 is 1.06 bits per heavy atom. The highest BCUT2D eigenvalue weighted by Crippen LogP contribution is 2.21. The van der Waals surface area contributed by atoms with Gasteiger partial charge in [0.2, 0.25) is 0 Å². The molecule has 0 aliphatic carbocycles. The predicted octanol–water partition coefficient (Wildman–Crippen LogP) is 3.24. The molecule has 0 aliphatic rings. The maximum atomic E-state index is 9.98. The normalized spacial score (nSPS) is 11.6. The SMILES string of the molecule is Cl.OC(c1ccc(Cl)cc1)c1ccccn1. The molecule has 0 radical (unpaired) electrons. The van der Waals surface area contributed by atoms with Gasteiger partial charge in [0.15, 0.2) is 0 Å². The lowest BCUT2D eigenvalue weighted by molar-refractivity contribution is 0.215. The minimum absolute atomic E-state index is 0. The van der Waals surface area contributed by atoms with Gasteiger partial charge in [-0.25, -0.2) is 0 Å². The van der Waals surface area contributed by atoms with Crippen LogP contribution in [0.15, 0.2) is 48.7 Å². The third-order valence-corrected chi connectivity index (χ3v) is 2.41. The first-order chi connectivity index (χ1) is 7.27. The Labute approximate surface area is 105 Å². The van der Waals surface area contributed by atoms with E-state index in [0.717, 1.165) is 5.56 Å². The topological polar surface area (TPSA) is 33.1 Å². The van der Waals surface area contributed by atoms with Gasteiger partial charge >= 0.3 is 0 Å². The van der Waals surface area contributed by atoms with E-state index in [2.05, 4.69) is 4.98 Å². The Morgan fingerprint density at radius 3 is 2.31 bits per heavy atom. The predicted molar refractivity (Wildman–Crippen MR) is 67.0 cm³/mol. The highest BCUT2D eigenvalue weighted by molar-refractivity contribution is 6.30. The van der Waals surface area contributed by atoms with Crippen molar-refractivity contribution in [3.05, 3.63) is 64.9 Å². The fraction of sp³-hybridized carbons (Fsp3) is 0.0833. The van der Waals surface area contributed by atoms with E-state index in [1.807, 2.05) is 12.1 Å². The molecule has 1 heterocycles. The first-order valence-electron chi connectivity index (χ1n) is 4.62. The van der Waals surface area contributed by atoms with Crippen LogP contribution in [0.25, 0.3) is 0 Å². The smallest absolute Gasteiger partial charge is 0.121 e. The average molecular weight is 256 g/mol. The lowest BCUT2D eigenvalue weighted by atomic mass is 10.1. The van der Waals surface area contributed by atoms with Crippen LogP contribution in [0.3, 0.4) is 0 Å². The minimum atomic E-state index is -0.691. The van der Waals surface area contributed by atoms with Gasteiger partial charge in [0, 0.05) is 11.2 Å². The summed E-state index contributed by atoms with van der Waals surface area (Å²) in [7, 11) is 0. The van der Waals surface area contributed by atoms with Crippen molar-refractivity contribution in [1.29, 1.82) is 0 Å². The summed E-state index contributed by atoms with van der Waals surface area (Å²) in [5.41, 5.74) is 1.43. The van der Waals surface area contributed by atoms with Gasteiger partial charge in [-0.3, -0.25) is 4.98 Å². The third kappa shape index (κ3) is 2.95. The number of pyridine rings is 1. The quantitative estimate of drug-likeness (QED) is 0.894. The van der Waals surface area contributed by atoms with E-state index in [1.54, 1.807) is 36.5 Å². The zero-order valence-corrected chi connectivity index (χ0v) is 9.95. The molecule has 1 N–H and O–H groups in total. The summed E-state index contributed by atoms with van der Waals surface area (Å²) in [6.45, 7) is 0. The maximum absolute atomic E-state index is 9.98. The van der Waals surface area contributed by atoms with Gasteiger partial charge < -0.3 is 5.11 Å². The number of aliphatic hydroxyl groups is 1. The van der Waals surface area contributed by atoms with Gasteiger partial charge in [0.1, 0.15) is 6.10 Å². The number of aliphatic hydroxyl groups excluding tert-OH is 1. The van der Waals surface area contributed by atoms with Crippen molar-refractivity contribution >= 4 is 24.0 Å². The Hall–Kier alpha value is -1.09. The molecule has 2 aromatic rings. The maximum Gasteiger partial charge on any atom is 0.121 e. The van der Waals surface area contributed by atoms with E-state index in [4.69, 9.17) is 11.6 Å². The first kappa shape index (κ1) is 13.0. The summed E-state index contributed by atoms with van der Waals surface area (Å²) in [6.07, 6.45) is 0.970. The summed E-state index contributed by atoms with van der Waals surface area (Å²) < 4.78 is 0. The fourth-order valence-corrected chi connectivity index (χ4v) is 1.48. The van der Waals surface area contributed by atoms with E-state index in [0.29, 0.717) is 10.7 Å². The fourth-order valence-electron chi connectivity index (χ4n) is 1.35. The monoisotopic (exact) mass is 255 g/mol. The van der Waals surface area contributed by atoms with Crippen molar-refractivity contribution in [2.45, 2.75) is 6.10 Å². The van der Waals surface area contributed by atoms with Crippen LogP contribution in [-0.4, -0.2) is 10.1 Å². The van der Waals surface area contributed by atoms with Crippen molar-refractivity contribution in [2.24, 2.45) is 0 Å². The third-order valence-electron chi connectivity index (χ3n) is 2.15. The molecule has 4 heteroatoms. The molecular weight excluding hydrogens is 245 g/mol. The molecule has 1 unspecified atom stereocenters. The first-order valence-corrected chi connectivity index (χ1v) is 4.99. The molecule has 0 spiro atoms. The van der Waals surface area contributed by atoms with Gasteiger partial charge in [-0.1, -0.05) is 29.8 Å². The van der Waals surface area contributed by atoms with Crippen LogP contribution < -0.4 is 0 Å². The van der Waals surface area contributed by atoms with Gasteiger partial charge in [-0.15, -0.1) is 12.4 Å². The minimum Gasteiger partial charge on any atom is -0.382 e. The van der Waals surface area contributed by atoms with E-state index in [-0.39, 0.29) is 12.4 Å². The molecule has 0 saturated heterocycles. The summed E-state index contributed by atoms with van der Waals surface area (Å²) in [6, 6.07) is 12.5. The second-order valence-electron chi connectivity index (χ2n) is 3.21. The van der Waals surface area contributed by atoms with Crippen molar-refractivity contribution < 1.29 is 5.11 Å². The van der Waals surface area contributed by atoms with Crippen molar-refractivity contribution in [3.63, 3.8) is 0 Å². The van der Waals surface area contributed by atoms with Gasteiger partial charge in [0.25, 0.3) is 0 Å². The molecule has 1 aromatic heterocycles. The standard InChI is InChI=1S/C12H10ClNO.ClH/c13-10-6-4-9(5-7-10)12(15)11-3-1-2-8-14-11;/h1-8,12,15H;1H. The summed E-state index contributed by atoms with van der Waals surface area (Å²) in [5.74, 6) is 0. The van der Waals surface area contributed by atoms with Gasteiger partial charge in [-0.05, 0) is 29.8 Å². The van der Waals surface area contributed by atoms with E-state index in [9.17, 15) is 5.11 Å². The number of halogens is 2. The second kappa shape index (κ2) is 5.85. The summed E-state index contributed by atoms with van der Waals surface area (Å²) in [5, 5.41) is 10.6. The molecule has 1 atom stereocenters. The van der Waals surface area contributed by atoms with Crippen LogP contribution in [0.5, 0.6) is 0 Å². The van der Waals surface area contributed by atoms with Gasteiger partial charge in [0.05, 0.1) is 5.69 Å². The van der Waals surface area contributed by atoms with E-state index in [1.165, 1.54) is 0 Å². The number of hydrogen-bond donors (Lipinski definition) is 1. The molecule has 84 valence electrons. The molecule has 0 saturated carbocycles. The van der Waals surface area contributed by atoms with Crippen LogP contribution in [0.2, 0.25) is 5.02 Å². The Balaban J connectivity index is 0.00000128. The van der Waals surface area contributed by atoms with Gasteiger partial charge in [-0.2, -0.15) is 0 Å². The highest BCUT2D eigenvalue weighted by atomic mass is 35.5. The van der Waals surface area contributed by atoms with E-state index >= 15 is 0 Å². The molecule has 16 heavy (non-hydrogen) atoms. The van der Waals surface area contributed by atoms with Crippen molar-refractivity contribution in [2.75, 3.05) is 0 Å². The number of nitrogens with zero attached hydrogens (tertiary/aromatic N) is 1. The molecule has 2 nitrogen and oxygen atoms in total. The average Bonchev–Trinajstić information content (AvgIpc) is 2.30. The zero-order valence-electron chi connectivity index (χ0n) is 8.38. The molecule has 0 amide bonds. The molecule has 0 fully saturated rings. The number of hydrogen-bond acceptors (Lipinski definition) is 2. The Bertz CT molecular complexity index is 431. The summed E-state index contributed by atoms with van der Waals surface area (Å²) >= 11 is 5.77. The zero-order chi connectivity index (χ0) is 10.7. The largest absolute Gasteiger partial charge is 0.382 e. The Kier molecular flexibility index (Phi) is 4.74. The number of benzene rings is 1. The molecule has 0 bridgehead atoms. The molecule has 2 rings (SSSR count). The van der Waals surface area contributed by atoms with Crippen LogP contribution in [0.4, 0.5) is 0 Å². The lowest BCUT2D eigenvalue weighted by Gasteiger charge is -2.09. The Morgan fingerprint density at radius 2 is 1.75 bits per heavy atom. The highest BCUT2D eigenvalue weighted by Gasteiger charge is 2.10. The van der Waals surface area contributed by atoms with Crippen molar-refractivity contribution in [3.8, 4) is 0 Å². The number of rotatable bonds is 2.